The van der Waals surface area contributed by atoms with Crippen LogP contribution in [-0.4, -0.2) is 34.8 Å². The van der Waals surface area contributed by atoms with Gasteiger partial charge in [-0.3, -0.25) is 9.59 Å². The number of nitriles is 1. The first kappa shape index (κ1) is 21.2. The second-order valence-corrected chi connectivity index (χ2v) is 8.27. The van der Waals surface area contributed by atoms with Crippen molar-refractivity contribution in [3.05, 3.63) is 70.4 Å². The number of halogens is 1. The molecule has 1 saturated heterocycles. The Morgan fingerprint density at radius 1 is 1.03 bits per heavy atom. The van der Waals surface area contributed by atoms with Crippen LogP contribution >= 0.6 is 11.6 Å². The highest BCUT2D eigenvalue weighted by Crippen LogP contribution is 2.40. The highest BCUT2D eigenvalue weighted by Gasteiger charge is 2.46. The first-order valence-electron chi connectivity index (χ1n) is 10.5. The van der Waals surface area contributed by atoms with Crippen LogP contribution in [0.4, 0.5) is 0 Å². The van der Waals surface area contributed by atoms with E-state index in [1.54, 1.807) is 35.1 Å². The van der Waals surface area contributed by atoms with Crippen LogP contribution in [0.5, 0.6) is 0 Å². The zero-order valence-electron chi connectivity index (χ0n) is 17.5. The van der Waals surface area contributed by atoms with Crippen LogP contribution in [0.25, 0.3) is 16.9 Å². The topological polar surface area (TPSA) is 106 Å². The molecule has 0 aliphatic carbocycles. The normalized spacial score (nSPS) is 17.3. The van der Waals surface area contributed by atoms with Crippen molar-refractivity contribution in [1.29, 1.82) is 5.26 Å². The fourth-order valence-electron chi connectivity index (χ4n) is 4.30. The molecular weight excluding hydrogens is 444 g/mol. The van der Waals surface area contributed by atoms with Gasteiger partial charge in [0, 0.05) is 11.1 Å². The van der Waals surface area contributed by atoms with Gasteiger partial charge in [-0.15, -0.1) is 0 Å². The summed E-state index contributed by atoms with van der Waals surface area (Å²) in [5, 5.41) is 17.3. The lowest BCUT2D eigenvalue weighted by atomic mass is 9.96. The number of fused-ring (bicyclic) bond motifs is 2. The van der Waals surface area contributed by atoms with E-state index in [4.69, 9.17) is 26.3 Å². The number of hydrogen-bond donors (Lipinski definition) is 1. The van der Waals surface area contributed by atoms with E-state index < -0.39 is 17.7 Å². The molecule has 1 aromatic heterocycles. The van der Waals surface area contributed by atoms with Gasteiger partial charge in [0.15, 0.2) is 0 Å². The summed E-state index contributed by atoms with van der Waals surface area (Å²) in [4.78, 5) is 24.7. The molecule has 0 amide bonds. The predicted molar refractivity (Wildman–Crippen MR) is 118 cm³/mol. The minimum absolute atomic E-state index is 0.0294. The Kier molecular flexibility index (Phi) is 5.36. The number of nitrogens with one attached hydrogen (secondary N) is 1. The molecule has 166 valence electrons. The molecule has 1 spiro atoms. The van der Waals surface area contributed by atoms with E-state index in [0.717, 1.165) is 16.8 Å². The number of carbonyl (C=O) groups is 2. The third kappa shape index (κ3) is 3.75. The molecular formula is C24H19ClN4O4. The summed E-state index contributed by atoms with van der Waals surface area (Å²) in [5.41, 5.74) is 4.15. The number of rotatable bonds is 2. The molecule has 33 heavy (non-hydrogen) atoms. The zero-order valence-corrected chi connectivity index (χ0v) is 18.3. The van der Waals surface area contributed by atoms with Gasteiger partial charge < -0.3 is 14.8 Å². The number of aromatic nitrogens is 2. The third-order valence-corrected chi connectivity index (χ3v) is 6.11. The molecule has 1 fully saturated rings. The molecule has 0 bridgehead atoms. The van der Waals surface area contributed by atoms with E-state index in [0.29, 0.717) is 34.8 Å². The molecule has 3 aromatic rings. The first-order chi connectivity index (χ1) is 16.0. The van der Waals surface area contributed by atoms with Crippen LogP contribution in [0.2, 0.25) is 5.02 Å². The van der Waals surface area contributed by atoms with Crippen molar-refractivity contribution in [3.8, 4) is 23.0 Å². The standard InChI is InChI=1S/C24H19ClN4O4/c25-19-6-5-18-17(9-11-27-14-24(18)32-21(30)7-8-22(31)33-24)23(19)29-20(10-12-28-29)16-3-1-15(13-26)2-4-16/h1-6,10,12,27H,7-9,11,14H2. The van der Waals surface area contributed by atoms with Crippen molar-refractivity contribution < 1.29 is 19.1 Å². The van der Waals surface area contributed by atoms with Gasteiger partial charge in [0.1, 0.15) is 0 Å². The lowest BCUT2D eigenvalue weighted by Gasteiger charge is -2.32. The Labute approximate surface area is 194 Å². The number of benzene rings is 2. The molecule has 8 nitrogen and oxygen atoms in total. The molecule has 0 unspecified atom stereocenters. The number of carbonyl (C=O) groups excluding carboxylic acids is 2. The van der Waals surface area contributed by atoms with Crippen molar-refractivity contribution in [1.82, 2.24) is 15.1 Å². The Hall–Kier alpha value is -3.67. The lowest BCUT2D eigenvalue weighted by Crippen LogP contribution is -2.43. The minimum atomic E-state index is -1.57. The van der Waals surface area contributed by atoms with Crippen LogP contribution < -0.4 is 5.32 Å². The number of ether oxygens (including phenoxy) is 2. The van der Waals surface area contributed by atoms with Crippen molar-refractivity contribution in [2.45, 2.75) is 25.0 Å². The van der Waals surface area contributed by atoms with Gasteiger partial charge in [0.25, 0.3) is 5.79 Å². The van der Waals surface area contributed by atoms with E-state index in [9.17, 15) is 9.59 Å². The van der Waals surface area contributed by atoms with Gasteiger partial charge in [-0.1, -0.05) is 23.7 Å². The summed E-state index contributed by atoms with van der Waals surface area (Å²) in [7, 11) is 0. The molecule has 0 atom stereocenters. The molecule has 1 N–H and O–H groups in total. The molecule has 5 rings (SSSR count). The zero-order chi connectivity index (χ0) is 23.0. The Bertz CT molecular complexity index is 1270. The smallest absolute Gasteiger partial charge is 0.309 e. The van der Waals surface area contributed by atoms with E-state index in [1.807, 2.05) is 18.2 Å². The first-order valence-corrected chi connectivity index (χ1v) is 10.9. The molecule has 0 saturated carbocycles. The van der Waals surface area contributed by atoms with Crippen molar-refractivity contribution >= 4 is 23.5 Å². The largest absolute Gasteiger partial charge is 0.416 e. The van der Waals surface area contributed by atoms with Crippen molar-refractivity contribution in [2.75, 3.05) is 13.1 Å². The van der Waals surface area contributed by atoms with Crippen molar-refractivity contribution in [3.63, 3.8) is 0 Å². The van der Waals surface area contributed by atoms with Crippen molar-refractivity contribution in [2.24, 2.45) is 0 Å². The average molecular weight is 463 g/mol. The van der Waals surface area contributed by atoms with Crippen LogP contribution in [-0.2, 0) is 31.3 Å². The number of esters is 2. The van der Waals surface area contributed by atoms with Gasteiger partial charge in [-0.2, -0.15) is 10.4 Å². The highest BCUT2D eigenvalue weighted by atomic mass is 35.5. The fourth-order valence-corrected chi connectivity index (χ4v) is 4.56. The molecule has 2 aliphatic rings. The van der Waals surface area contributed by atoms with E-state index >= 15 is 0 Å². The van der Waals surface area contributed by atoms with Gasteiger partial charge in [0.2, 0.25) is 0 Å². The van der Waals surface area contributed by atoms with E-state index in [1.165, 1.54) is 0 Å². The summed E-state index contributed by atoms with van der Waals surface area (Å²) in [6.45, 7) is 0.699. The highest BCUT2D eigenvalue weighted by molar-refractivity contribution is 6.32. The number of nitrogens with zero attached hydrogens (tertiary/aromatic N) is 3. The van der Waals surface area contributed by atoms with Crippen LogP contribution in [0.15, 0.2) is 48.7 Å². The van der Waals surface area contributed by atoms with Gasteiger partial charge in [-0.05, 0) is 48.9 Å². The Morgan fingerprint density at radius 2 is 1.76 bits per heavy atom. The minimum Gasteiger partial charge on any atom is -0.416 e. The van der Waals surface area contributed by atoms with Crippen LogP contribution in [0.3, 0.4) is 0 Å². The van der Waals surface area contributed by atoms with Gasteiger partial charge >= 0.3 is 11.9 Å². The second kappa shape index (κ2) is 8.35. The summed E-state index contributed by atoms with van der Waals surface area (Å²) >= 11 is 6.69. The maximum absolute atomic E-state index is 12.3. The summed E-state index contributed by atoms with van der Waals surface area (Å²) in [5.74, 6) is -2.56. The molecule has 2 aliphatic heterocycles. The molecule has 0 radical (unpaired) electrons. The summed E-state index contributed by atoms with van der Waals surface area (Å²) < 4.78 is 13.2. The Morgan fingerprint density at radius 3 is 2.45 bits per heavy atom. The quantitative estimate of drug-likeness (QED) is 0.582. The monoisotopic (exact) mass is 462 g/mol. The second-order valence-electron chi connectivity index (χ2n) is 7.87. The predicted octanol–water partition coefficient (Wildman–Crippen LogP) is 3.24. The van der Waals surface area contributed by atoms with Gasteiger partial charge in [0.05, 0.1) is 53.6 Å². The third-order valence-electron chi connectivity index (χ3n) is 5.81. The fraction of sp³-hybridized carbons (Fsp3) is 0.250. The summed E-state index contributed by atoms with van der Waals surface area (Å²) in [6.07, 6.45) is 2.16. The molecule has 9 heteroatoms. The summed E-state index contributed by atoms with van der Waals surface area (Å²) in [6, 6.07) is 14.6. The van der Waals surface area contributed by atoms with E-state index in [2.05, 4.69) is 16.5 Å². The van der Waals surface area contributed by atoms with Gasteiger partial charge in [-0.25, -0.2) is 4.68 Å². The maximum atomic E-state index is 12.3. The lowest BCUT2D eigenvalue weighted by molar-refractivity contribution is -0.225. The SMILES string of the molecule is N#Cc1ccc(-c2ccnn2-c2c(Cl)ccc3c2CCNCC32OC(=O)CCC(=O)O2)cc1. The van der Waals surface area contributed by atoms with E-state index in [-0.39, 0.29) is 19.4 Å². The van der Waals surface area contributed by atoms with Crippen LogP contribution in [0, 0.1) is 11.3 Å². The number of hydrogen-bond acceptors (Lipinski definition) is 7. The maximum Gasteiger partial charge on any atom is 0.309 e. The molecule has 3 heterocycles. The molecule has 2 aromatic carbocycles. The van der Waals surface area contributed by atoms with Crippen LogP contribution in [0.1, 0.15) is 29.5 Å². The Balaban J connectivity index is 1.69. The average Bonchev–Trinajstić information content (AvgIpc) is 3.16.